The number of hydrogen-bond donors (Lipinski definition) is 1. The molecule has 8 atom stereocenters. The van der Waals surface area contributed by atoms with Gasteiger partial charge in [0.25, 0.3) is 0 Å². The second-order valence-electron chi connectivity index (χ2n) is 12.4. The number of rotatable bonds is 6. The van der Waals surface area contributed by atoms with Crippen LogP contribution in [0.25, 0.3) is 0 Å². The van der Waals surface area contributed by atoms with Crippen molar-refractivity contribution in [2.45, 2.75) is 118 Å². The molecule has 2 aliphatic heterocycles. The van der Waals surface area contributed by atoms with Crippen LogP contribution in [-0.4, -0.2) is 42.6 Å². The van der Waals surface area contributed by atoms with Gasteiger partial charge in [0.1, 0.15) is 6.10 Å². The van der Waals surface area contributed by atoms with Gasteiger partial charge in [-0.1, -0.05) is 77.0 Å². The minimum Gasteiger partial charge on any atom is -0.490 e. The molecule has 216 valence electrons. The van der Waals surface area contributed by atoms with E-state index in [1.807, 2.05) is 26.0 Å². The maximum Gasteiger partial charge on any atom is 0.373 e. The first-order valence-corrected chi connectivity index (χ1v) is 14.7. The Morgan fingerprint density at radius 1 is 1.11 bits per heavy atom. The number of cyclic esters (lactones) is 1. The maximum absolute atomic E-state index is 13.2. The second-order valence-corrected chi connectivity index (χ2v) is 12.4. The molecule has 2 aliphatic rings. The fraction of sp³-hybridized carbons (Fsp3) is 0.727. The Kier molecular flexibility index (Phi) is 13.3. The van der Waals surface area contributed by atoms with E-state index in [0.717, 1.165) is 31.3 Å². The Labute approximate surface area is 232 Å². The van der Waals surface area contributed by atoms with Crippen LogP contribution in [0, 0.1) is 29.6 Å². The Morgan fingerprint density at radius 3 is 2.47 bits per heavy atom. The smallest absolute Gasteiger partial charge is 0.373 e. The van der Waals surface area contributed by atoms with Crippen LogP contribution in [0.15, 0.2) is 47.3 Å². The summed E-state index contributed by atoms with van der Waals surface area (Å²) in [5, 5.41) is 10.8. The van der Waals surface area contributed by atoms with Crippen molar-refractivity contribution in [1.82, 2.24) is 0 Å². The van der Waals surface area contributed by atoms with Crippen molar-refractivity contribution in [1.29, 1.82) is 0 Å². The van der Waals surface area contributed by atoms with E-state index in [1.54, 1.807) is 6.08 Å². The molecule has 5 heteroatoms. The summed E-state index contributed by atoms with van der Waals surface area (Å²) in [7, 11) is 1.50. The van der Waals surface area contributed by atoms with Gasteiger partial charge in [-0.25, -0.2) is 4.79 Å². The number of ether oxygens (including phenoxy) is 3. The van der Waals surface area contributed by atoms with E-state index < -0.39 is 12.1 Å². The predicted octanol–water partition coefficient (Wildman–Crippen LogP) is 7.56. The molecule has 0 aromatic heterocycles. The van der Waals surface area contributed by atoms with E-state index in [0.29, 0.717) is 24.4 Å². The van der Waals surface area contributed by atoms with Gasteiger partial charge in [0.05, 0.1) is 25.4 Å². The van der Waals surface area contributed by atoms with Crippen molar-refractivity contribution in [2.75, 3.05) is 7.11 Å². The normalized spacial score (nSPS) is 38.1. The van der Waals surface area contributed by atoms with Crippen molar-refractivity contribution in [2.24, 2.45) is 29.6 Å². The molecule has 2 heterocycles. The minimum absolute atomic E-state index is 0.0558. The highest BCUT2D eigenvalue weighted by Crippen LogP contribution is 2.32. The van der Waals surface area contributed by atoms with Gasteiger partial charge in [0, 0.05) is 12.3 Å². The maximum atomic E-state index is 13.2. The molecule has 5 nitrogen and oxygen atoms in total. The van der Waals surface area contributed by atoms with Gasteiger partial charge >= 0.3 is 5.97 Å². The van der Waals surface area contributed by atoms with Crippen LogP contribution < -0.4 is 0 Å². The van der Waals surface area contributed by atoms with Crippen LogP contribution in [0.1, 0.15) is 93.9 Å². The third kappa shape index (κ3) is 10.0. The lowest BCUT2D eigenvalue weighted by Crippen LogP contribution is -2.37. The van der Waals surface area contributed by atoms with Crippen molar-refractivity contribution in [3.05, 3.63) is 47.3 Å². The summed E-state index contributed by atoms with van der Waals surface area (Å²) in [5.74, 6) is 1.10. The number of aliphatic hydroxyl groups is 1. The zero-order valence-corrected chi connectivity index (χ0v) is 25.4. The highest BCUT2D eigenvalue weighted by Gasteiger charge is 2.31. The first-order valence-electron chi connectivity index (χ1n) is 14.7. The summed E-state index contributed by atoms with van der Waals surface area (Å²) in [6, 6.07) is 0. The van der Waals surface area contributed by atoms with Gasteiger partial charge in [0.15, 0.2) is 0 Å². The number of esters is 1. The molecule has 0 aromatic carbocycles. The lowest BCUT2D eigenvalue weighted by Gasteiger charge is -2.38. The fourth-order valence-corrected chi connectivity index (χ4v) is 5.92. The Balaban J connectivity index is 2.21. The summed E-state index contributed by atoms with van der Waals surface area (Å²) in [6.07, 6.45) is 15.5. The SMILES string of the molecule is CO/C1=C\C(C)=C\C(C)C(O)[C@@H](C)C/C(C)=C/C=C/CC(C(C)CCC2CCC(C)[C@@H](C(C)C)O2)OC1=O. The van der Waals surface area contributed by atoms with Crippen molar-refractivity contribution < 1.29 is 24.1 Å². The molecular weight excluding hydrogens is 476 g/mol. The fourth-order valence-electron chi connectivity index (χ4n) is 5.92. The lowest BCUT2D eigenvalue weighted by atomic mass is 9.85. The topological polar surface area (TPSA) is 65.0 Å². The molecule has 38 heavy (non-hydrogen) atoms. The number of hydrogen-bond acceptors (Lipinski definition) is 5. The third-order valence-electron chi connectivity index (χ3n) is 8.31. The van der Waals surface area contributed by atoms with Crippen molar-refractivity contribution in [3.63, 3.8) is 0 Å². The monoisotopic (exact) mass is 530 g/mol. The van der Waals surface area contributed by atoms with E-state index in [9.17, 15) is 9.90 Å². The largest absolute Gasteiger partial charge is 0.490 e. The lowest BCUT2D eigenvalue weighted by molar-refractivity contribution is -0.150. The highest BCUT2D eigenvalue weighted by atomic mass is 16.6. The second kappa shape index (κ2) is 15.7. The molecule has 2 rings (SSSR count). The van der Waals surface area contributed by atoms with Gasteiger partial charge in [-0.05, 0) is 75.7 Å². The minimum atomic E-state index is -0.478. The summed E-state index contributed by atoms with van der Waals surface area (Å²) >= 11 is 0. The first kappa shape index (κ1) is 32.4. The van der Waals surface area contributed by atoms with E-state index >= 15 is 0 Å². The molecule has 0 aliphatic carbocycles. The zero-order chi connectivity index (χ0) is 28.4. The van der Waals surface area contributed by atoms with E-state index in [2.05, 4.69) is 53.7 Å². The Bertz CT molecular complexity index is 867. The summed E-state index contributed by atoms with van der Waals surface area (Å²) in [5.41, 5.74) is 2.09. The molecular formula is C33H54O5. The molecule has 1 fully saturated rings. The number of carbonyl (C=O) groups is 1. The third-order valence-corrected chi connectivity index (χ3v) is 8.31. The number of allylic oxidation sites excluding steroid dienone is 5. The quantitative estimate of drug-likeness (QED) is 0.359. The standard InChI is InChI=1S/C33H54O5/c1-21(2)32-25(6)15-17-28(37-32)16-14-24(5)29-13-11-10-12-22(3)18-26(7)31(34)27(8)19-23(4)20-30(36-9)33(35)38-29/h10-12,19-21,24-29,31-32,34H,13-18H2,1-9H3/b11-10+,22-12+,23-19+,30-20-/t24?,25?,26-,27?,28?,29?,31?,32+/m0/s1. The number of aliphatic hydroxyl groups excluding tert-OH is 1. The van der Waals surface area contributed by atoms with Crippen LogP contribution in [0.4, 0.5) is 0 Å². The van der Waals surface area contributed by atoms with E-state index in [1.165, 1.54) is 19.1 Å². The van der Waals surface area contributed by atoms with Crippen LogP contribution in [0.5, 0.6) is 0 Å². The van der Waals surface area contributed by atoms with Crippen LogP contribution in [0.2, 0.25) is 0 Å². The van der Waals surface area contributed by atoms with Crippen LogP contribution in [-0.2, 0) is 19.0 Å². The molecule has 6 unspecified atom stereocenters. The van der Waals surface area contributed by atoms with Crippen LogP contribution >= 0.6 is 0 Å². The molecule has 0 radical (unpaired) electrons. The molecule has 0 amide bonds. The molecule has 0 saturated carbocycles. The average molecular weight is 531 g/mol. The first-order chi connectivity index (χ1) is 17.9. The van der Waals surface area contributed by atoms with Crippen molar-refractivity contribution in [3.8, 4) is 0 Å². The van der Waals surface area contributed by atoms with Gasteiger partial charge in [-0.15, -0.1) is 0 Å². The zero-order valence-electron chi connectivity index (χ0n) is 25.4. The average Bonchev–Trinajstić information content (AvgIpc) is 2.86. The molecule has 1 N–H and O–H groups in total. The molecule has 0 spiro atoms. The predicted molar refractivity (Wildman–Crippen MR) is 155 cm³/mol. The van der Waals surface area contributed by atoms with Crippen molar-refractivity contribution >= 4 is 5.97 Å². The van der Waals surface area contributed by atoms with Crippen LogP contribution in [0.3, 0.4) is 0 Å². The highest BCUT2D eigenvalue weighted by molar-refractivity contribution is 5.87. The van der Waals surface area contributed by atoms with Gasteiger partial charge in [-0.2, -0.15) is 0 Å². The Hall–Kier alpha value is -1.85. The Morgan fingerprint density at radius 2 is 1.82 bits per heavy atom. The van der Waals surface area contributed by atoms with Gasteiger partial charge in [-0.3, -0.25) is 0 Å². The molecule has 1 saturated heterocycles. The molecule has 0 aromatic rings. The number of methoxy groups -OCH3 is 1. The summed E-state index contributed by atoms with van der Waals surface area (Å²) in [6.45, 7) is 17.1. The summed E-state index contributed by atoms with van der Waals surface area (Å²) in [4.78, 5) is 13.2. The molecule has 0 bridgehead atoms. The number of carbonyl (C=O) groups excluding carboxylic acids is 1. The van der Waals surface area contributed by atoms with Gasteiger partial charge in [0.2, 0.25) is 5.76 Å². The van der Waals surface area contributed by atoms with E-state index in [-0.39, 0.29) is 35.7 Å². The van der Waals surface area contributed by atoms with Gasteiger partial charge < -0.3 is 19.3 Å². The summed E-state index contributed by atoms with van der Waals surface area (Å²) < 4.78 is 18.0. The van der Waals surface area contributed by atoms with E-state index in [4.69, 9.17) is 14.2 Å².